The Hall–Kier alpha value is -0.240. The molecule has 0 amide bonds. The van der Waals surface area contributed by atoms with Crippen LogP contribution in [-0.2, 0) is 4.79 Å². The average molecular weight is 170 g/mol. The Bertz CT molecular complexity index is 186. The minimum Gasteiger partial charge on any atom is -0.298 e. The lowest BCUT2D eigenvalue weighted by molar-refractivity contribution is -0.117. The van der Waals surface area contributed by atoms with Gasteiger partial charge >= 0.3 is 0 Å². The Morgan fingerprint density at radius 1 is 1.73 bits per heavy atom. The van der Waals surface area contributed by atoms with Crippen LogP contribution in [0.3, 0.4) is 0 Å². The summed E-state index contributed by atoms with van der Waals surface area (Å²) in [7, 11) is 0. The number of rotatable bonds is 2. The lowest BCUT2D eigenvalue weighted by Gasteiger charge is -2.15. The van der Waals surface area contributed by atoms with Gasteiger partial charge in [0.1, 0.15) is 5.78 Å². The normalized spacial score (nSPS) is 30.9. The molecule has 11 heavy (non-hydrogen) atoms. The summed E-state index contributed by atoms with van der Waals surface area (Å²) in [6.45, 7) is 5.92. The van der Waals surface area contributed by atoms with Gasteiger partial charge in [-0.05, 0) is 25.5 Å². The first-order valence-corrected chi connectivity index (χ1v) is 5.16. The van der Waals surface area contributed by atoms with Crippen LogP contribution in [0.2, 0.25) is 0 Å². The zero-order valence-corrected chi connectivity index (χ0v) is 7.91. The molecule has 1 saturated carbocycles. The number of allylic oxidation sites excluding steroid dienone is 1. The molecule has 1 aliphatic rings. The van der Waals surface area contributed by atoms with E-state index in [-0.39, 0.29) is 5.25 Å². The molecule has 62 valence electrons. The van der Waals surface area contributed by atoms with Gasteiger partial charge in [0.05, 0.1) is 5.25 Å². The molecule has 2 atom stereocenters. The number of hydrogen-bond acceptors (Lipinski definition) is 2. The predicted molar refractivity (Wildman–Crippen MR) is 49.8 cm³/mol. The fourth-order valence-electron chi connectivity index (χ4n) is 1.62. The first kappa shape index (κ1) is 8.85. The summed E-state index contributed by atoms with van der Waals surface area (Å²) in [4.78, 5) is 11.3. The quantitative estimate of drug-likeness (QED) is 0.591. The van der Waals surface area contributed by atoms with Crippen molar-refractivity contribution in [1.82, 2.24) is 0 Å². The highest BCUT2D eigenvalue weighted by molar-refractivity contribution is 8.00. The highest BCUT2D eigenvalue weighted by atomic mass is 32.2. The second-order valence-electron chi connectivity index (χ2n) is 3.11. The van der Waals surface area contributed by atoms with Crippen LogP contribution >= 0.6 is 11.8 Å². The minimum atomic E-state index is 0.201. The van der Waals surface area contributed by atoms with E-state index in [4.69, 9.17) is 0 Å². The van der Waals surface area contributed by atoms with E-state index in [0.29, 0.717) is 11.7 Å². The molecule has 0 radical (unpaired) electrons. The molecule has 0 saturated heterocycles. The van der Waals surface area contributed by atoms with Crippen molar-refractivity contribution in [3.05, 3.63) is 12.2 Å². The third-order valence-corrected chi connectivity index (χ3v) is 3.37. The van der Waals surface area contributed by atoms with Crippen LogP contribution in [0, 0.1) is 5.92 Å². The maximum atomic E-state index is 11.3. The summed E-state index contributed by atoms with van der Waals surface area (Å²) in [6.07, 6.45) is 3.77. The van der Waals surface area contributed by atoms with Crippen LogP contribution in [0.5, 0.6) is 0 Å². The molecular formula is C9H14OS. The van der Waals surface area contributed by atoms with Gasteiger partial charge in [-0.1, -0.05) is 12.2 Å². The van der Waals surface area contributed by atoms with E-state index in [1.54, 1.807) is 11.8 Å². The SMILES string of the molecule is C=C(C)C1CCC(=O)C1SC. The minimum absolute atomic E-state index is 0.201. The van der Waals surface area contributed by atoms with Crippen molar-refractivity contribution < 1.29 is 4.79 Å². The van der Waals surface area contributed by atoms with Crippen molar-refractivity contribution in [2.24, 2.45) is 5.92 Å². The third-order valence-electron chi connectivity index (χ3n) is 2.27. The second kappa shape index (κ2) is 3.44. The molecule has 0 N–H and O–H groups in total. The van der Waals surface area contributed by atoms with Crippen LogP contribution in [0.1, 0.15) is 19.8 Å². The van der Waals surface area contributed by atoms with Crippen LogP contribution < -0.4 is 0 Å². The molecule has 0 spiro atoms. The average Bonchev–Trinajstić information content (AvgIpc) is 2.30. The summed E-state index contributed by atoms with van der Waals surface area (Å²) in [5, 5.41) is 0.201. The molecule has 2 unspecified atom stereocenters. The van der Waals surface area contributed by atoms with E-state index < -0.39 is 0 Å². The highest BCUT2D eigenvalue weighted by Gasteiger charge is 2.33. The van der Waals surface area contributed by atoms with E-state index in [0.717, 1.165) is 18.4 Å². The van der Waals surface area contributed by atoms with Crippen molar-refractivity contribution in [2.45, 2.75) is 25.0 Å². The molecule has 0 aromatic heterocycles. The van der Waals surface area contributed by atoms with E-state index in [9.17, 15) is 4.79 Å². The van der Waals surface area contributed by atoms with Crippen molar-refractivity contribution in [3.8, 4) is 0 Å². The summed E-state index contributed by atoms with van der Waals surface area (Å²) < 4.78 is 0. The van der Waals surface area contributed by atoms with Gasteiger partial charge < -0.3 is 0 Å². The first-order valence-electron chi connectivity index (χ1n) is 3.87. The van der Waals surface area contributed by atoms with Crippen LogP contribution in [-0.4, -0.2) is 17.3 Å². The van der Waals surface area contributed by atoms with Gasteiger partial charge in [-0.25, -0.2) is 0 Å². The van der Waals surface area contributed by atoms with Gasteiger partial charge in [-0.2, -0.15) is 11.8 Å². The molecule has 0 aromatic rings. The Kier molecular flexibility index (Phi) is 2.77. The fourth-order valence-corrected chi connectivity index (χ4v) is 2.69. The monoisotopic (exact) mass is 170 g/mol. The molecular weight excluding hydrogens is 156 g/mol. The van der Waals surface area contributed by atoms with Crippen molar-refractivity contribution in [1.29, 1.82) is 0 Å². The number of Topliss-reactive ketones (excluding diaryl/α,β-unsaturated/α-hetero) is 1. The van der Waals surface area contributed by atoms with Gasteiger partial charge in [0.2, 0.25) is 0 Å². The Labute approximate surface area is 72.2 Å². The third kappa shape index (κ3) is 1.67. The fraction of sp³-hybridized carbons (Fsp3) is 0.667. The van der Waals surface area contributed by atoms with Crippen molar-refractivity contribution in [3.63, 3.8) is 0 Å². The van der Waals surface area contributed by atoms with E-state index in [1.807, 2.05) is 13.2 Å². The van der Waals surface area contributed by atoms with Crippen molar-refractivity contribution in [2.75, 3.05) is 6.26 Å². The lowest BCUT2D eigenvalue weighted by atomic mass is 10.0. The Morgan fingerprint density at radius 3 is 2.73 bits per heavy atom. The standard InChI is InChI=1S/C9H14OS/c1-6(2)7-4-5-8(10)9(7)11-3/h7,9H,1,4-5H2,2-3H3. The maximum absolute atomic E-state index is 11.3. The summed E-state index contributed by atoms with van der Waals surface area (Å²) in [6, 6.07) is 0. The molecule has 1 fully saturated rings. The highest BCUT2D eigenvalue weighted by Crippen LogP contribution is 2.34. The zero-order chi connectivity index (χ0) is 8.43. The van der Waals surface area contributed by atoms with Gasteiger partial charge in [0.15, 0.2) is 0 Å². The summed E-state index contributed by atoms with van der Waals surface area (Å²) >= 11 is 1.67. The van der Waals surface area contributed by atoms with Crippen LogP contribution in [0.15, 0.2) is 12.2 Å². The van der Waals surface area contributed by atoms with Gasteiger partial charge in [0.25, 0.3) is 0 Å². The largest absolute Gasteiger partial charge is 0.298 e. The first-order chi connectivity index (χ1) is 5.16. The van der Waals surface area contributed by atoms with Crippen LogP contribution in [0.25, 0.3) is 0 Å². The number of carbonyl (C=O) groups is 1. The van der Waals surface area contributed by atoms with Crippen molar-refractivity contribution >= 4 is 17.5 Å². The second-order valence-corrected chi connectivity index (χ2v) is 4.09. The van der Waals surface area contributed by atoms with Gasteiger partial charge in [0, 0.05) is 6.42 Å². The number of thioether (sulfide) groups is 1. The maximum Gasteiger partial charge on any atom is 0.146 e. The summed E-state index contributed by atoms with van der Waals surface area (Å²) in [5.74, 6) is 0.850. The molecule has 0 aromatic carbocycles. The Balaban J connectivity index is 2.68. The zero-order valence-electron chi connectivity index (χ0n) is 7.09. The molecule has 1 aliphatic carbocycles. The molecule has 1 rings (SSSR count). The summed E-state index contributed by atoms with van der Waals surface area (Å²) in [5.41, 5.74) is 1.16. The number of hydrogen-bond donors (Lipinski definition) is 0. The van der Waals surface area contributed by atoms with Crippen LogP contribution in [0.4, 0.5) is 0 Å². The van der Waals surface area contributed by atoms with E-state index >= 15 is 0 Å². The number of carbonyl (C=O) groups excluding carboxylic acids is 1. The lowest BCUT2D eigenvalue weighted by Crippen LogP contribution is -2.17. The molecule has 0 aliphatic heterocycles. The van der Waals surface area contributed by atoms with Gasteiger partial charge in [-0.3, -0.25) is 4.79 Å². The number of ketones is 1. The predicted octanol–water partition coefficient (Wildman–Crippen LogP) is 2.27. The molecule has 0 bridgehead atoms. The molecule has 0 heterocycles. The smallest absolute Gasteiger partial charge is 0.146 e. The van der Waals surface area contributed by atoms with Gasteiger partial charge in [-0.15, -0.1) is 0 Å². The Morgan fingerprint density at radius 2 is 2.36 bits per heavy atom. The topological polar surface area (TPSA) is 17.1 Å². The molecule has 2 heteroatoms. The van der Waals surface area contributed by atoms with E-state index in [1.165, 1.54) is 0 Å². The molecule has 1 nitrogen and oxygen atoms in total. The van der Waals surface area contributed by atoms with E-state index in [2.05, 4.69) is 6.58 Å².